The van der Waals surface area contributed by atoms with Crippen LogP contribution >= 0.6 is 11.3 Å². The molecule has 8 heteroatoms. The molecule has 0 unspecified atom stereocenters. The Hall–Kier alpha value is -3.00. The van der Waals surface area contributed by atoms with Crippen LogP contribution in [0.1, 0.15) is 29.4 Å². The molecule has 2 aromatic heterocycles. The third-order valence-electron chi connectivity index (χ3n) is 3.20. The summed E-state index contributed by atoms with van der Waals surface area (Å²) < 4.78 is 10.9. The summed E-state index contributed by atoms with van der Waals surface area (Å²) in [4.78, 5) is 16.3. The van der Waals surface area contributed by atoms with Gasteiger partial charge in [-0.1, -0.05) is 24.3 Å². The van der Waals surface area contributed by atoms with Gasteiger partial charge in [-0.15, -0.1) is 28.1 Å². The minimum absolute atomic E-state index is 0.228. The van der Waals surface area contributed by atoms with Crippen molar-refractivity contribution in [2.24, 2.45) is 0 Å². The summed E-state index contributed by atoms with van der Waals surface area (Å²) >= 11 is 1.32. The summed E-state index contributed by atoms with van der Waals surface area (Å²) in [7, 11) is 0. The lowest BCUT2D eigenvalue weighted by Crippen LogP contribution is -2.10. The van der Waals surface area contributed by atoms with Gasteiger partial charge in [-0.05, 0) is 19.1 Å². The molecule has 0 bridgehead atoms. The Balaban J connectivity index is 1.65. The summed E-state index contributed by atoms with van der Waals surface area (Å²) in [6, 6.07) is 9.38. The fourth-order valence-electron chi connectivity index (χ4n) is 1.98. The zero-order valence-corrected chi connectivity index (χ0v) is 14.3. The molecule has 128 valence electrons. The Bertz CT molecular complexity index is 860. The predicted molar refractivity (Wildman–Crippen MR) is 94.4 cm³/mol. The van der Waals surface area contributed by atoms with Gasteiger partial charge < -0.3 is 14.5 Å². The Morgan fingerprint density at radius 2 is 2.20 bits per heavy atom. The zero-order valence-electron chi connectivity index (χ0n) is 13.5. The minimum Gasteiger partial charge on any atom is -0.448 e. The number of anilines is 1. The maximum atomic E-state index is 12.2. The predicted octanol–water partition coefficient (Wildman–Crippen LogP) is 3.71. The summed E-state index contributed by atoms with van der Waals surface area (Å²) in [5, 5.41) is 13.2. The van der Waals surface area contributed by atoms with Crippen molar-refractivity contribution in [3.05, 3.63) is 60.0 Å². The van der Waals surface area contributed by atoms with Gasteiger partial charge in [0.1, 0.15) is 0 Å². The van der Waals surface area contributed by atoms with E-state index < -0.39 is 12.1 Å². The standard InChI is InChI=1S/C17H16N4O3S/c1-3-9-18-17-19-13(10-25-17)16(22)23-11(2)14-20-21-15(24-14)12-7-5-4-6-8-12/h3-8,10-11H,1,9H2,2H3,(H,18,19)/t11-/m0/s1. The highest BCUT2D eigenvalue weighted by molar-refractivity contribution is 7.13. The smallest absolute Gasteiger partial charge is 0.358 e. The first kappa shape index (κ1) is 16.8. The highest BCUT2D eigenvalue weighted by Gasteiger charge is 2.21. The van der Waals surface area contributed by atoms with Gasteiger partial charge in [0.15, 0.2) is 16.9 Å². The van der Waals surface area contributed by atoms with Crippen LogP contribution in [0.3, 0.4) is 0 Å². The highest BCUT2D eigenvalue weighted by atomic mass is 32.1. The van der Waals surface area contributed by atoms with Crippen molar-refractivity contribution in [3.63, 3.8) is 0 Å². The molecule has 1 N–H and O–H groups in total. The number of benzene rings is 1. The van der Waals surface area contributed by atoms with Crippen LogP contribution in [0.25, 0.3) is 11.5 Å². The Kier molecular flexibility index (Phi) is 5.20. The van der Waals surface area contributed by atoms with E-state index in [9.17, 15) is 4.79 Å². The molecule has 0 aliphatic carbocycles. The third kappa shape index (κ3) is 4.10. The first-order valence-electron chi connectivity index (χ1n) is 7.57. The van der Waals surface area contributed by atoms with Crippen LogP contribution < -0.4 is 5.32 Å². The van der Waals surface area contributed by atoms with Crippen molar-refractivity contribution in [1.82, 2.24) is 15.2 Å². The molecule has 0 aliphatic heterocycles. The molecular weight excluding hydrogens is 340 g/mol. The second kappa shape index (κ2) is 7.71. The van der Waals surface area contributed by atoms with Crippen LogP contribution in [0.2, 0.25) is 0 Å². The van der Waals surface area contributed by atoms with E-state index in [1.54, 1.807) is 18.4 Å². The zero-order chi connectivity index (χ0) is 17.6. The van der Waals surface area contributed by atoms with Crippen LogP contribution in [0, 0.1) is 0 Å². The summed E-state index contributed by atoms with van der Waals surface area (Å²) in [5.74, 6) is 0.0605. The van der Waals surface area contributed by atoms with E-state index in [0.29, 0.717) is 17.6 Å². The number of ether oxygens (including phenoxy) is 1. The molecule has 0 fully saturated rings. The molecule has 0 saturated heterocycles. The number of nitrogens with zero attached hydrogens (tertiary/aromatic N) is 3. The largest absolute Gasteiger partial charge is 0.448 e. The van der Waals surface area contributed by atoms with Gasteiger partial charge in [-0.3, -0.25) is 0 Å². The second-order valence-corrected chi connectivity index (χ2v) is 5.92. The van der Waals surface area contributed by atoms with Crippen LogP contribution in [0.4, 0.5) is 5.13 Å². The number of rotatable bonds is 7. The number of aromatic nitrogens is 3. The molecule has 0 saturated carbocycles. The van der Waals surface area contributed by atoms with Crippen LogP contribution in [-0.4, -0.2) is 27.7 Å². The van der Waals surface area contributed by atoms with Gasteiger partial charge in [0.25, 0.3) is 5.89 Å². The van der Waals surface area contributed by atoms with Crippen molar-refractivity contribution in [2.75, 3.05) is 11.9 Å². The molecule has 0 radical (unpaired) electrons. The van der Waals surface area contributed by atoms with Crippen molar-refractivity contribution in [1.29, 1.82) is 0 Å². The molecule has 1 aromatic carbocycles. The van der Waals surface area contributed by atoms with E-state index in [2.05, 4.69) is 27.1 Å². The third-order valence-corrected chi connectivity index (χ3v) is 4.00. The van der Waals surface area contributed by atoms with Gasteiger partial charge in [-0.2, -0.15) is 0 Å². The quantitative estimate of drug-likeness (QED) is 0.510. The number of carbonyl (C=O) groups is 1. The van der Waals surface area contributed by atoms with Crippen LogP contribution in [0.15, 0.2) is 52.8 Å². The van der Waals surface area contributed by atoms with E-state index in [-0.39, 0.29) is 11.6 Å². The van der Waals surface area contributed by atoms with Gasteiger partial charge in [0.2, 0.25) is 5.89 Å². The number of esters is 1. The fraction of sp³-hybridized carbons (Fsp3) is 0.176. The van der Waals surface area contributed by atoms with Crippen molar-refractivity contribution in [3.8, 4) is 11.5 Å². The second-order valence-electron chi connectivity index (χ2n) is 5.07. The number of hydrogen-bond donors (Lipinski definition) is 1. The number of hydrogen-bond acceptors (Lipinski definition) is 8. The molecule has 25 heavy (non-hydrogen) atoms. The van der Waals surface area contributed by atoms with Gasteiger partial charge in [0, 0.05) is 17.5 Å². The first-order valence-corrected chi connectivity index (χ1v) is 8.45. The normalized spacial score (nSPS) is 11.7. The molecule has 0 spiro atoms. The molecule has 0 amide bonds. The summed E-state index contributed by atoms with van der Waals surface area (Å²) in [5.41, 5.74) is 1.03. The average molecular weight is 356 g/mol. The van der Waals surface area contributed by atoms with E-state index in [1.807, 2.05) is 30.3 Å². The molecule has 1 atom stereocenters. The molecule has 0 aliphatic rings. The van der Waals surface area contributed by atoms with Gasteiger partial charge in [-0.25, -0.2) is 9.78 Å². The fourth-order valence-corrected chi connectivity index (χ4v) is 2.67. The van der Waals surface area contributed by atoms with Crippen molar-refractivity contribution >= 4 is 22.4 Å². The maximum absolute atomic E-state index is 12.2. The molecular formula is C17H16N4O3S. The first-order chi connectivity index (χ1) is 12.2. The van der Waals surface area contributed by atoms with Crippen molar-refractivity contribution in [2.45, 2.75) is 13.0 Å². The molecule has 7 nitrogen and oxygen atoms in total. The monoisotopic (exact) mass is 356 g/mol. The van der Waals surface area contributed by atoms with Gasteiger partial charge in [0.05, 0.1) is 0 Å². The van der Waals surface area contributed by atoms with Crippen LogP contribution in [-0.2, 0) is 4.74 Å². The van der Waals surface area contributed by atoms with E-state index in [4.69, 9.17) is 9.15 Å². The molecule has 3 rings (SSSR count). The lowest BCUT2D eigenvalue weighted by Gasteiger charge is -2.07. The summed E-state index contributed by atoms with van der Waals surface area (Å²) in [6.45, 7) is 5.86. The highest BCUT2D eigenvalue weighted by Crippen LogP contribution is 2.23. The topological polar surface area (TPSA) is 90.1 Å². The van der Waals surface area contributed by atoms with E-state index >= 15 is 0 Å². The van der Waals surface area contributed by atoms with Crippen molar-refractivity contribution < 1.29 is 13.9 Å². The Morgan fingerprint density at radius 3 is 2.96 bits per heavy atom. The minimum atomic E-state index is -0.677. The lowest BCUT2D eigenvalue weighted by atomic mass is 10.2. The van der Waals surface area contributed by atoms with E-state index in [0.717, 1.165) is 5.56 Å². The molecule has 2 heterocycles. The van der Waals surface area contributed by atoms with Crippen LogP contribution in [0.5, 0.6) is 0 Å². The summed E-state index contributed by atoms with van der Waals surface area (Å²) in [6.07, 6.45) is 1.03. The SMILES string of the molecule is C=CCNc1nc(C(=O)O[C@@H](C)c2nnc(-c3ccccc3)o2)cs1. The maximum Gasteiger partial charge on any atom is 0.358 e. The number of carbonyl (C=O) groups excluding carboxylic acids is 1. The van der Waals surface area contributed by atoms with E-state index in [1.165, 1.54) is 11.3 Å². The number of thiazole rings is 1. The van der Waals surface area contributed by atoms with Gasteiger partial charge >= 0.3 is 5.97 Å². The molecule has 3 aromatic rings. The Labute approximate surface area is 148 Å². The Morgan fingerprint density at radius 1 is 1.40 bits per heavy atom. The number of nitrogens with one attached hydrogen (secondary N) is 1. The average Bonchev–Trinajstić information content (AvgIpc) is 3.30. The lowest BCUT2D eigenvalue weighted by molar-refractivity contribution is 0.0274.